The second-order valence-corrected chi connectivity index (χ2v) is 6.36. The van der Waals surface area contributed by atoms with Crippen LogP contribution in [0.1, 0.15) is 53.4 Å². The van der Waals surface area contributed by atoms with Crippen LogP contribution >= 0.6 is 0 Å². The molecule has 2 rings (SSSR count). The van der Waals surface area contributed by atoms with E-state index >= 15 is 0 Å². The van der Waals surface area contributed by atoms with Crippen molar-refractivity contribution in [2.75, 3.05) is 13.1 Å². The van der Waals surface area contributed by atoms with Gasteiger partial charge in [0.1, 0.15) is 0 Å². The van der Waals surface area contributed by atoms with Crippen molar-refractivity contribution < 1.29 is 0 Å². The summed E-state index contributed by atoms with van der Waals surface area (Å²) in [4.78, 5) is 2.80. The lowest BCUT2D eigenvalue weighted by Gasteiger charge is -2.41. The van der Waals surface area contributed by atoms with Gasteiger partial charge in [-0.2, -0.15) is 0 Å². The Morgan fingerprint density at radius 2 is 2.00 bits per heavy atom. The highest BCUT2D eigenvalue weighted by atomic mass is 15.3. The van der Waals surface area contributed by atoms with E-state index < -0.39 is 0 Å². The second-order valence-electron chi connectivity index (χ2n) is 6.36. The first-order chi connectivity index (χ1) is 7.58. The fraction of sp³-hybridized carbons (Fsp3) is 1.00. The molecular formula is C14H28N2. The minimum absolute atomic E-state index is 0.585. The average Bonchev–Trinajstić information content (AvgIpc) is 2.88. The van der Waals surface area contributed by atoms with Gasteiger partial charge in [0, 0.05) is 31.2 Å². The van der Waals surface area contributed by atoms with E-state index in [1.54, 1.807) is 0 Å². The van der Waals surface area contributed by atoms with Gasteiger partial charge in [-0.1, -0.05) is 34.1 Å². The SMILES string of the molecule is CCCC1CN(C2CC2(C)C)C(CC)CN1. The van der Waals surface area contributed by atoms with E-state index in [9.17, 15) is 0 Å². The molecule has 16 heavy (non-hydrogen) atoms. The molecule has 2 aliphatic rings. The Morgan fingerprint density at radius 1 is 1.31 bits per heavy atom. The lowest BCUT2D eigenvalue weighted by molar-refractivity contribution is 0.102. The lowest BCUT2D eigenvalue weighted by atomic mass is 10.0. The quantitative estimate of drug-likeness (QED) is 0.790. The molecule has 94 valence electrons. The maximum absolute atomic E-state index is 3.72. The Balaban J connectivity index is 1.95. The maximum atomic E-state index is 3.72. The summed E-state index contributed by atoms with van der Waals surface area (Å²) in [6.07, 6.45) is 5.33. The number of hydrogen-bond acceptors (Lipinski definition) is 2. The topological polar surface area (TPSA) is 15.3 Å². The minimum Gasteiger partial charge on any atom is -0.311 e. The van der Waals surface area contributed by atoms with Crippen LogP contribution < -0.4 is 5.32 Å². The van der Waals surface area contributed by atoms with E-state index in [-0.39, 0.29) is 0 Å². The summed E-state index contributed by atoms with van der Waals surface area (Å²) in [5.41, 5.74) is 0.585. The highest BCUT2D eigenvalue weighted by Crippen LogP contribution is 2.49. The van der Waals surface area contributed by atoms with Crippen LogP contribution in [0.4, 0.5) is 0 Å². The van der Waals surface area contributed by atoms with Crippen molar-refractivity contribution in [3.05, 3.63) is 0 Å². The van der Waals surface area contributed by atoms with E-state index in [0.717, 1.165) is 18.1 Å². The molecule has 0 aromatic heterocycles. The molecule has 1 saturated heterocycles. The zero-order valence-electron chi connectivity index (χ0n) is 11.4. The molecule has 0 amide bonds. The number of nitrogens with one attached hydrogen (secondary N) is 1. The molecule has 0 aromatic rings. The van der Waals surface area contributed by atoms with Crippen LogP contribution in [0.5, 0.6) is 0 Å². The number of nitrogens with zero attached hydrogens (tertiary/aromatic N) is 1. The largest absolute Gasteiger partial charge is 0.311 e. The molecule has 2 nitrogen and oxygen atoms in total. The van der Waals surface area contributed by atoms with Gasteiger partial charge < -0.3 is 5.32 Å². The smallest absolute Gasteiger partial charge is 0.0221 e. The maximum Gasteiger partial charge on any atom is 0.0221 e. The fourth-order valence-corrected chi connectivity index (χ4v) is 3.20. The van der Waals surface area contributed by atoms with E-state index in [1.807, 2.05) is 0 Å². The first kappa shape index (κ1) is 12.4. The molecule has 1 aliphatic heterocycles. The highest BCUT2D eigenvalue weighted by molar-refractivity contribution is 5.06. The van der Waals surface area contributed by atoms with Gasteiger partial charge >= 0.3 is 0 Å². The van der Waals surface area contributed by atoms with Gasteiger partial charge in [-0.15, -0.1) is 0 Å². The fourth-order valence-electron chi connectivity index (χ4n) is 3.20. The van der Waals surface area contributed by atoms with Crippen molar-refractivity contribution >= 4 is 0 Å². The Hall–Kier alpha value is -0.0800. The normalized spacial score (nSPS) is 38.6. The molecule has 0 bridgehead atoms. The molecule has 1 heterocycles. The highest BCUT2D eigenvalue weighted by Gasteiger charge is 2.51. The molecule has 3 unspecified atom stereocenters. The summed E-state index contributed by atoms with van der Waals surface area (Å²) in [6, 6.07) is 2.38. The van der Waals surface area contributed by atoms with Gasteiger partial charge in [-0.05, 0) is 24.7 Å². The third-order valence-corrected chi connectivity index (χ3v) is 4.51. The zero-order valence-corrected chi connectivity index (χ0v) is 11.4. The zero-order chi connectivity index (χ0) is 11.8. The van der Waals surface area contributed by atoms with Gasteiger partial charge in [-0.3, -0.25) is 4.90 Å². The van der Waals surface area contributed by atoms with Gasteiger partial charge in [0.05, 0.1) is 0 Å². The van der Waals surface area contributed by atoms with Gasteiger partial charge in [-0.25, -0.2) is 0 Å². The van der Waals surface area contributed by atoms with Crippen molar-refractivity contribution in [3.63, 3.8) is 0 Å². The third kappa shape index (κ3) is 2.43. The van der Waals surface area contributed by atoms with Crippen LogP contribution in [0.15, 0.2) is 0 Å². The van der Waals surface area contributed by atoms with Crippen molar-refractivity contribution in [3.8, 4) is 0 Å². The van der Waals surface area contributed by atoms with E-state index in [2.05, 4.69) is 37.9 Å². The first-order valence-corrected chi connectivity index (χ1v) is 7.07. The Labute approximate surface area is 101 Å². The van der Waals surface area contributed by atoms with Crippen LogP contribution in [0, 0.1) is 5.41 Å². The molecule has 3 atom stereocenters. The van der Waals surface area contributed by atoms with Crippen LogP contribution in [-0.2, 0) is 0 Å². The minimum atomic E-state index is 0.585. The number of rotatable bonds is 4. The summed E-state index contributed by atoms with van der Waals surface area (Å²) in [5.74, 6) is 0. The van der Waals surface area contributed by atoms with Crippen LogP contribution in [0.25, 0.3) is 0 Å². The summed E-state index contributed by atoms with van der Waals surface area (Å²) >= 11 is 0. The van der Waals surface area contributed by atoms with Crippen molar-refractivity contribution in [2.24, 2.45) is 5.41 Å². The molecule has 0 spiro atoms. The van der Waals surface area contributed by atoms with E-state index in [4.69, 9.17) is 0 Å². The van der Waals surface area contributed by atoms with E-state index in [1.165, 1.54) is 38.8 Å². The van der Waals surface area contributed by atoms with Gasteiger partial charge in [0.15, 0.2) is 0 Å². The molecule has 1 N–H and O–H groups in total. The summed E-state index contributed by atoms with van der Waals surface area (Å²) in [6.45, 7) is 11.9. The summed E-state index contributed by atoms with van der Waals surface area (Å²) < 4.78 is 0. The van der Waals surface area contributed by atoms with Crippen LogP contribution in [-0.4, -0.2) is 36.1 Å². The Morgan fingerprint density at radius 3 is 2.50 bits per heavy atom. The molecule has 2 heteroatoms. The average molecular weight is 224 g/mol. The van der Waals surface area contributed by atoms with E-state index in [0.29, 0.717) is 5.41 Å². The molecule has 1 saturated carbocycles. The predicted molar refractivity (Wildman–Crippen MR) is 69.7 cm³/mol. The molecule has 1 aliphatic carbocycles. The predicted octanol–water partition coefficient (Wildman–Crippen LogP) is 2.64. The molecular weight excluding hydrogens is 196 g/mol. The Bertz CT molecular complexity index is 235. The molecule has 0 aromatic carbocycles. The molecule has 0 radical (unpaired) electrons. The second kappa shape index (κ2) is 4.66. The number of hydrogen-bond donors (Lipinski definition) is 1. The van der Waals surface area contributed by atoms with Crippen LogP contribution in [0.2, 0.25) is 0 Å². The third-order valence-electron chi connectivity index (χ3n) is 4.51. The monoisotopic (exact) mass is 224 g/mol. The van der Waals surface area contributed by atoms with Crippen molar-refractivity contribution in [1.29, 1.82) is 0 Å². The first-order valence-electron chi connectivity index (χ1n) is 7.07. The van der Waals surface area contributed by atoms with Gasteiger partial charge in [0.25, 0.3) is 0 Å². The van der Waals surface area contributed by atoms with Crippen molar-refractivity contribution in [1.82, 2.24) is 10.2 Å². The number of piperazine rings is 1. The summed E-state index contributed by atoms with van der Waals surface area (Å²) in [5, 5.41) is 3.72. The molecule has 2 fully saturated rings. The van der Waals surface area contributed by atoms with Crippen LogP contribution in [0.3, 0.4) is 0 Å². The van der Waals surface area contributed by atoms with Crippen molar-refractivity contribution in [2.45, 2.75) is 71.5 Å². The Kier molecular flexibility index (Phi) is 3.60. The lowest BCUT2D eigenvalue weighted by Crippen LogP contribution is -2.57. The van der Waals surface area contributed by atoms with Gasteiger partial charge in [0.2, 0.25) is 0 Å². The summed E-state index contributed by atoms with van der Waals surface area (Å²) in [7, 11) is 0. The standard InChI is InChI=1S/C14H28N2/c1-5-7-11-10-16(12(6-2)9-15-11)13-8-14(13,3)4/h11-13,15H,5-10H2,1-4H3.